The molecular formula is C18H14FN5OS. The van der Waals surface area contributed by atoms with Crippen molar-refractivity contribution in [3.63, 3.8) is 0 Å². The van der Waals surface area contributed by atoms with Crippen molar-refractivity contribution in [2.24, 2.45) is 0 Å². The van der Waals surface area contributed by atoms with Crippen LogP contribution in [0.1, 0.15) is 6.42 Å². The van der Waals surface area contributed by atoms with E-state index in [0.717, 1.165) is 16.4 Å². The minimum Gasteiger partial charge on any atom is -0.338 e. The molecule has 0 aliphatic carbocycles. The van der Waals surface area contributed by atoms with Gasteiger partial charge < -0.3 is 10.3 Å². The molecule has 0 spiro atoms. The lowest BCUT2D eigenvalue weighted by molar-refractivity contribution is -0.115. The van der Waals surface area contributed by atoms with Gasteiger partial charge in [0, 0.05) is 28.8 Å². The van der Waals surface area contributed by atoms with Crippen LogP contribution < -0.4 is 5.32 Å². The number of carbonyl (C=O) groups excluding carboxylic acids is 1. The molecule has 2 heterocycles. The molecule has 26 heavy (non-hydrogen) atoms. The van der Waals surface area contributed by atoms with Gasteiger partial charge in [0.15, 0.2) is 5.65 Å². The van der Waals surface area contributed by atoms with Crippen molar-refractivity contribution >= 4 is 45.4 Å². The maximum Gasteiger partial charge on any atom is 0.225 e. The molecule has 4 rings (SSSR count). The Kier molecular flexibility index (Phi) is 4.49. The number of H-pyrrole nitrogens is 1. The van der Waals surface area contributed by atoms with Crippen LogP contribution in [-0.4, -0.2) is 31.8 Å². The molecular weight excluding hydrogens is 353 g/mol. The van der Waals surface area contributed by atoms with E-state index in [0.29, 0.717) is 22.2 Å². The Morgan fingerprint density at radius 2 is 1.92 bits per heavy atom. The van der Waals surface area contributed by atoms with Crippen LogP contribution >= 0.6 is 11.8 Å². The largest absolute Gasteiger partial charge is 0.338 e. The fourth-order valence-corrected chi connectivity index (χ4v) is 3.28. The Labute approximate surface area is 152 Å². The lowest BCUT2D eigenvalue weighted by Crippen LogP contribution is -2.12. The first kappa shape index (κ1) is 16.5. The summed E-state index contributed by atoms with van der Waals surface area (Å²) in [6.45, 7) is 0. The molecule has 2 N–H and O–H groups in total. The van der Waals surface area contributed by atoms with Gasteiger partial charge in [-0.2, -0.15) is 0 Å². The number of para-hydroxylation sites is 1. The number of fused-ring (bicyclic) bond motifs is 3. The van der Waals surface area contributed by atoms with Crippen molar-refractivity contribution < 1.29 is 9.18 Å². The molecule has 4 aromatic rings. The van der Waals surface area contributed by atoms with Gasteiger partial charge >= 0.3 is 0 Å². The fraction of sp³-hybridized carbons (Fsp3) is 0.111. The van der Waals surface area contributed by atoms with Gasteiger partial charge in [-0.3, -0.25) is 4.79 Å². The van der Waals surface area contributed by atoms with Gasteiger partial charge in [0.2, 0.25) is 11.1 Å². The van der Waals surface area contributed by atoms with Gasteiger partial charge in [0.05, 0.1) is 0 Å². The predicted molar refractivity (Wildman–Crippen MR) is 99.6 cm³/mol. The van der Waals surface area contributed by atoms with Crippen molar-refractivity contribution in [3.8, 4) is 0 Å². The summed E-state index contributed by atoms with van der Waals surface area (Å²) in [5, 5.41) is 12.6. The molecule has 0 atom stereocenters. The molecule has 0 saturated heterocycles. The summed E-state index contributed by atoms with van der Waals surface area (Å²) in [5.41, 5.74) is 2.95. The first-order valence-corrected chi connectivity index (χ1v) is 8.97. The number of amides is 1. The van der Waals surface area contributed by atoms with E-state index in [1.54, 1.807) is 0 Å². The average Bonchev–Trinajstić information content (AvgIpc) is 3.01. The number of hydrogen-bond donors (Lipinski definition) is 2. The van der Waals surface area contributed by atoms with Crippen LogP contribution in [-0.2, 0) is 4.79 Å². The number of benzene rings is 2. The van der Waals surface area contributed by atoms with Crippen LogP contribution in [0.25, 0.3) is 22.1 Å². The van der Waals surface area contributed by atoms with Gasteiger partial charge in [-0.15, -0.1) is 10.2 Å². The zero-order valence-electron chi connectivity index (χ0n) is 13.6. The SMILES string of the molecule is O=C(CCSc1nnc2c(n1)[nH]c1ccccc12)Nc1ccc(F)cc1. The van der Waals surface area contributed by atoms with E-state index in [-0.39, 0.29) is 18.1 Å². The van der Waals surface area contributed by atoms with Crippen molar-refractivity contribution in [2.75, 3.05) is 11.1 Å². The number of hydrogen-bond acceptors (Lipinski definition) is 5. The lowest BCUT2D eigenvalue weighted by Gasteiger charge is -2.04. The lowest BCUT2D eigenvalue weighted by atomic mass is 10.2. The second-order valence-corrected chi connectivity index (χ2v) is 6.68. The minimum atomic E-state index is -0.337. The maximum absolute atomic E-state index is 12.9. The topological polar surface area (TPSA) is 83.6 Å². The summed E-state index contributed by atoms with van der Waals surface area (Å²) in [4.78, 5) is 19.6. The molecule has 0 unspecified atom stereocenters. The molecule has 0 radical (unpaired) electrons. The third-order valence-electron chi connectivity index (χ3n) is 3.79. The summed E-state index contributed by atoms with van der Waals surface area (Å²) in [6.07, 6.45) is 0.288. The first-order chi connectivity index (χ1) is 12.7. The molecule has 0 bridgehead atoms. The molecule has 0 saturated carbocycles. The van der Waals surface area contributed by atoms with Gasteiger partial charge in [0.25, 0.3) is 0 Å². The van der Waals surface area contributed by atoms with E-state index in [1.807, 2.05) is 24.3 Å². The first-order valence-electron chi connectivity index (χ1n) is 7.98. The Balaban J connectivity index is 1.37. The molecule has 2 aromatic carbocycles. The molecule has 1 amide bonds. The van der Waals surface area contributed by atoms with Gasteiger partial charge in [-0.1, -0.05) is 30.0 Å². The molecule has 2 aromatic heterocycles. The maximum atomic E-state index is 12.9. The van der Waals surface area contributed by atoms with E-state index in [1.165, 1.54) is 36.0 Å². The highest BCUT2D eigenvalue weighted by atomic mass is 32.2. The molecule has 0 fully saturated rings. The molecule has 0 aliphatic rings. The van der Waals surface area contributed by atoms with Crippen LogP contribution in [0.2, 0.25) is 0 Å². The van der Waals surface area contributed by atoms with Crippen molar-refractivity contribution in [1.82, 2.24) is 20.2 Å². The van der Waals surface area contributed by atoms with E-state index >= 15 is 0 Å². The number of halogens is 1. The monoisotopic (exact) mass is 367 g/mol. The molecule has 130 valence electrons. The number of anilines is 1. The van der Waals surface area contributed by atoms with E-state index in [2.05, 4.69) is 25.5 Å². The summed E-state index contributed by atoms with van der Waals surface area (Å²) in [7, 11) is 0. The quantitative estimate of drug-likeness (QED) is 0.525. The summed E-state index contributed by atoms with van der Waals surface area (Å²) < 4.78 is 12.9. The Morgan fingerprint density at radius 1 is 1.12 bits per heavy atom. The summed E-state index contributed by atoms with van der Waals surface area (Å²) >= 11 is 1.36. The van der Waals surface area contributed by atoms with E-state index in [4.69, 9.17) is 0 Å². The van der Waals surface area contributed by atoms with Crippen molar-refractivity contribution in [2.45, 2.75) is 11.6 Å². The van der Waals surface area contributed by atoms with E-state index < -0.39 is 0 Å². The van der Waals surface area contributed by atoms with E-state index in [9.17, 15) is 9.18 Å². The normalized spacial score (nSPS) is 11.1. The smallest absolute Gasteiger partial charge is 0.225 e. The summed E-state index contributed by atoms with van der Waals surface area (Å²) in [5.74, 6) is 0.0276. The highest BCUT2D eigenvalue weighted by Gasteiger charge is 2.10. The highest BCUT2D eigenvalue weighted by molar-refractivity contribution is 7.99. The Hall–Kier alpha value is -3.00. The number of aromatic amines is 1. The number of aromatic nitrogens is 4. The van der Waals surface area contributed by atoms with Crippen LogP contribution in [0.3, 0.4) is 0 Å². The van der Waals surface area contributed by atoms with Crippen molar-refractivity contribution in [3.05, 3.63) is 54.3 Å². The molecule has 8 heteroatoms. The zero-order chi connectivity index (χ0) is 17.9. The third kappa shape index (κ3) is 3.50. The van der Waals surface area contributed by atoms with Crippen LogP contribution in [0, 0.1) is 5.82 Å². The average molecular weight is 367 g/mol. The third-order valence-corrected chi connectivity index (χ3v) is 4.63. The van der Waals surface area contributed by atoms with Gasteiger partial charge in [-0.05, 0) is 30.3 Å². The Morgan fingerprint density at radius 3 is 2.77 bits per heavy atom. The molecule has 6 nitrogen and oxygen atoms in total. The number of rotatable bonds is 5. The zero-order valence-corrected chi connectivity index (χ0v) is 14.4. The number of carbonyl (C=O) groups is 1. The van der Waals surface area contributed by atoms with Crippen LogP contribution in [0.4, 0.5) is 10.1 Å². The fourth-order valence-electron chi connectivity index (χ4n) is 2.56. The van der Waals surface area contributed by atoms with Crippen molar-refractivity contribution in [1.29, 1.82) is 0 Å². The second kappa shape index (κ2) is 7.09. The van der Waals surface area contributed by atoms with Gasteiger partial charge in [-0.25, -0.2) is 9.37 Å². The predicted octanol–water partition coefficient (Wildman–Crippen LogP) is 3.77. The number of nitrogens with one attached hydrogen (secondary N) is 2. The summed E-state index contributed by atoms with van der Waals surface area (Å²) in [6, 6.07) is 13.5. The molecule has 0 aliphatic heterocycles. The number of nitrogens with zero attached hydrogens (tertiary/aromatic N) is 3. The minimum absolute atomic E-state index is 0.149. The highest BCUT2D eigenvalue weighted by Crippen LogP contribution is 2.23. The van der Waals surface area contributed by atoms with Crippen LogP contribution in [0.15, 0.2) is 53.7 Å². The van der Waals surface area contributed by atoms with Crippen LogP contribution in [0.5, 0.6) is 0 Å². The van der Waals surface area contributed by atoms with Gasteiger partial charge in [0.1, 0.15) is 11.3 Å². The Bertz CT molecular complexity index is 1080. The number of thioether (sulfide) groups is 1. The standard InChI is InChI=1S/C18H14FN5OS/c19-11-5-7-12(8-6-11)20-15(25)9-10-26-18-22-17-16(23-24-18)13-3-1-2-4-14(13)21-17/h1-8H,9-10H2,(H,20,25)(H,21,22,24). The second-order valence-electron chi connectivity index (χ2n) is 5.62.